The number of rotatable bonds is 6. The van der Waals surface area contributed by atoms with Crippen molar-refractivity contribution in [2.75, 3.05) is 0 Å². The molecular formula is C16H17ClN4OS2. The molecule has 2 aromatic carbocycles. The molecule has 0 saturated carbocycles. The third-order valence-electron chi connectivity index (χ3n) is 2.99. The van der Waals surface area contributed by atoms with Crippen LogP contribution in [-0.2, 0) is 11.5 Å². The Hall–Kier alpha value is -1.83. The molecule has 0 atom stereocenters. The minimum atomic E-state index is 0.0501. The third kappa shape index (κ3) is 5.67. The second-order valence-electron chi connectivity index (χ2n) is 4.77. The highest BCUT2D eigenvalue weighted by molar-refractivity contribution is 8.13. The van der Waals surface area contributed by atoms with Gasteiger partial charge in [0.05, 0.1) is 0 Å². The average molecular weight is 381 g/mol. The normalized spacial score (nSPS) is 10.4. The van der Waals surface area contributed by atoms with E-state index < -0.39 is 0 Å². The van der Waals surface area contributed by atoms with Gasteiger partial charge < -0.3 is 16.2 Å². The Kier molecular flexibility index (Phi) is 6.84. The number of nitrogens with one attached hydrogen (secondary N) is 2. The predicted octanol–water partition coefficient (Wildman–Crippen LogP) is 4.39. The molecule has 0 heterocycles. The van der Waals surface area contributed by atoms with Crippen LogP contribution >= 0.6 is 35.1 Å². The lowest BCUT2D eigenvalue weighted by Gasteiger charge is -2.14. The van der Waals surface area contributed by atoms with Crippen LogP contribution in [0.2, 0.25) is 5.02 Å². The maximum atomic E-state index is 7.35. The number of ether oxygens (including phenoxy) is 1. The molecule has 0 aliphatic carbocycles. The number of nitrogens with two attached hydrogens (primary N) is 2. The predicted molar refractivity (Wildman–Crippen MR) is 104 cm³/mol. The highest BCUT2D eigenvalue weighted by atomic mass is 35.5. The SMILES string of the molecule is N=C(N)SCc1ccccc1Oc1cc(Cl)ccc1CSC(=N)N. The van der Waals surface area contributed by atoms with Gasteiger partial charge in [0.15, 0.2) is 10.3 Å². The Morgan fingerprint density at radius 2 is 1.50 bits per heavy atom. The second kappa shape index (κ2) is 8.86. The van der Waals surface area contributed by atoms with Crippen LogP contribution in [0.4, 0.5) is 0 Å². The summed E-state index contributed by atoms with van der Waals surface area (Å²) in [6, 6.07) is 13.0. The van der Waals surface area contributed by atoms with Crippen molar-refractivity contribution in [3.63, 3.8) is 0 Å². The van der Waals surface area contributed by atoms with E-state index in [1.54, 1.807) is 12.1 Å². The molecule has 0 bridgehead atoms. The lowest BCUT2D eigenvalue weighted by atomic mass is 10.2. The lowest BCUT2D eigenvalue weighted by molar-refractivity contribution is 0.474. The minimum absolute atomic E-state index is 0.0501. The Labute approximate surface area is 154 Å². The van der Waals surface area contributed by atoms with Crippen LogP contribution in [0.15, 0.2) is 42.5 Å². The molecule has 0 aliphatic rings. The van der Waals surface area contributed by atoms with Gasteiger partial charge in [-0.3, -0.25) is 10.8 Å². The molecule has 2 rings (SSSR count). The summed E-state index contributed by atoms with van der Waals surface area (Å²) in [6.45, 7) is 0. The van der Waals surface area contributed by atoms with E-state index in [0.717, 1.165) is 11.1 Å². The van der Waals surface area contributed by atoms with Crippen LogP contribution in [0, 0.1) is 10.8 Å². The zero-order valence-electron chi connectivity index (χ0n) is 12.7. The van der Waals surface area contributed by atoms with Crippen molar-refractivity contribution in [1.82, 2.24) is 0 Å². The average Bonchev–Trinajstić information content (AvgIpc) is 2.53. The minimum Gasteiger partial charge on any atom is -0.457 e. The fraction of sp³-hybridized carbons (Fsp3) is 0.125. The van der Waals surface area contributed by atoms with E-state index in [2.05, 4.69) is 0 Å². The van der Waals surface area contributed by atoms with Crippen LogP contribution < -0.4 is 16.2 Å². The molecule has 0 aromatic heterocycles. The van der Waals surface area contributed by atoms with E-state index in [9.17, 15) is 0 Å². The summed E-state index contributed by atoms with van der Waals surface area (Å²) >= 11 is 8.55. The third-order valence-corrected chi connectivity index (χ3v) is 4.76. The Bertz CT molecular complexity index is 755. The molecule has 0 amide bonds. The number of amidine groups is 2. The molecule has 126 valence electrons. The number of hydrogen-bond acceptors (Lipinski definition) is 5. The lowest BCUT2D eigenvalue weighted by Crippen LogP contribution is -2.05. The van der Waals surface area contributed by atoms with Gasteiger partial charge in [-0.15, -0.1) is 0 Å². The summed E-state index contributed by atoms with van der Waals surface area (Å²) in [5.74, 6) is 2.37. The molecule has 0 radical (unpaired) electrons. The first-order valence-electron chi connectivity index (χ1n) is 6.93. The van der Waals surface area contributed by atoms with E-state index in [-0.39, 0.29) is 10.3 Å². The van der Waals surface area contributed by atoms with Crippen LogP contribution in [0.3, 0.4) is 0 Å². The van der Waals surface area contributed by atoms with Crippen LogP contribution in [0.5, 0.6) is 11.5 Å². The van der Waals surface area contributed by atoms with Crippen LogP contribution in [-0.4, -0.2) is 10.3 Å². The Morgan fingerprint density at radius 1 is 0.917 bits per heavy atom. The summed E-state index contributed by atoms with van der Waals surface area (Å²) in [5, 5.41) is 15.4. The zero-order chi connectivity index (χ0) is 17.5. The van der Waals surface area contributed by atoms with E-state index in [0.29, 0.717) is 28.0 Å². The molecule has 5 nitrogen and oxygen atoms in total. The molecular weight excluding hydrogens is 364 g/mol. The fourth-order valence-corrected chi connectivity index (χ4v) is 3.16. The van der Waals surface area contributed by atoms with Gasteiger partial charge in [-0.05, 0) is 18.2 Å². The van der Waals surface area contributed by atoms with E-state index in [1.165, 1.54) is 23.5 Å². The number of hydrogen-bond donors (Lipinski definition) is 4. The van der Waals surface area contributed by atoms with Gasteiger partial charge >= 0.3 is 0 Å². The molecule has 0 unspecified atom stereocenters. The second-order valence-corrected chi connectivity index (χ2v) is 7.24. The molecule has 24 heavy (non-hydrogen) atoms. The molecule has 0 spiro atoms. The maximum Gasteiger partial charge on any atom is 0.151 e. The van der Waals surface area contributed by atoms with E-state index >= 15 is 0 Å². The largest absolute Gasteiger partial charge is 0.457 e. The van der Waals surface area contributed by atoms with Crippen molar-refractivity contribution in [1.29, 1.82) is 10.8 Å². The van der Waals surface area contributed by atoms with Crippen molar-refractivity contribution >= 4 is 45.5 Å². The maximum absolute atomic E-state index is 7.35. The highest BCUT2D eigenvalue weighted by Gasteiger charge is 2.10. The van der Waals surface area contributed by atoms with Crippen LogP contribution in [0.1, 0.15) is 11.1 Å². The number of benzene rings is 2. The van der Waals surface area contributed by atoms with E-state index in [4.69, 9.17) is 38.6 Å². The first-order chi connectivity index (χ1) is 11.5. The monoisotopic (exact) mass is 380 g/mol. The van der Waals surface area contributed by atoms with Gasteiger partial charge in [0.1, 0.15) is 11.5 Å². The van der Waals surface area contributed by atoms with Crippen molar-refractivity contribution in [3.8, 4) is 11.5 Å². The summed E-state index contributed by atoms with van der Waals surface area (Å²) in [4.78, 5) is 0. The number of thioether (sulfide) groups is 2. The van der Waals surface area contributed by atoms with Crippen LogP contribution in [0.25, 0.3) is 0 Å². The first kappa shape index (κ1) is 18.5. The van der Waals surface area contributed by atoms with Crippen molar-refractivity contribution < 1.29 is 4.74 Å². The number of halogens is 1. The summed E-state index contributed by atoms with van der Waals surface area (Å²) in [7, 11) is 0. The molecule has 8 heteroatoms. The highest BCUT2D eigenvalue weighted by Crippen LogP contribution is 2.33. The Balaban J connectivity index is 2.25. The smallest absolute Gasteiger partial charge is 0.151 e. The van der Waals surface area contributed by atoms with Gasteiger partial charge in [-0.1, -0.05) is 59.4 Å². The number of para-hydroxylation sites is 1. The van der Waals surface area contributed by atoms with E-state index in [1.807, 2.05) is 30.3 Å². The van der Waals surface area contributed by atoms with Crippen molar-refractivity contribution in [2.24, 2.45) is 11.5 Å². The molecule has 2 aromatic rings. The van der Waals surface area contributed by atoms with Gasteiger partial charge in [0, 0.05) is 27.7 Å². The fourth-order valence-electron chi connectivity index (χ4n) is 1.89. The summed E-state index contributed by atoms with van der Waals surface area (Å²) in [6.07, 6.45) is 0. The summed E-state index contributed by atoms with van der Waals surface area (Å²) < 4.78 is 6.05. The van der Waals surface area contributed by atoms with Gasteiger partial charge in [-0.2, -0.15) is 0 Å². The van der Waals surface area contributed by atoms with Gasteiger partial charge in [-0.25, -0.2) is 0 Å². The zero-order valence-corrected chi connectivity index (χ0v) is 15.1. The van der Waals surface area contributed by atoms with Gasteiger partial charge in [0.2, 0.25) is 0 Å². The Morgan fingerprint density at radius 3 is 2.12 bits per heavy atom. The molecule has 0 saturated heterocycles. The molecule has 0 fully saturated rings. The van der Waals surface area contributed by atoms with Crippen molar-refractivity contribution in [3.05, 3.63) is 58.6 Å². The summed E-state index contributed by atoms with van der Waals surface area (Å²) in [5.41, 5.74) is 12.6. The first-order valence-corrected chi connectivity index (χ1v) is 9.28. The topological polar surface area (TPSA) is 109 Å². The molecule has 6 N–H and O–H groups in total. The molecule has 0 aliphatic heterocycles. The van der Waals surface area contributed by atoms with Crippen molar-refractivity contribution in [2.45, 2.75) is 11.5 Å². The standard InChI is InChI=1S/C16H17ClN4OS2/c17-12-6-5-11(9-24-16(20)21)14(7-12)22-13-4-2-1-3-10(13)8-23-15(18)19/h1-7H,8-9H2,(H3,18,19)(H3,20,21). The van der Waals surface area contributed by atoms with Gasteiger partial charge in [0.25, 0.3) is 0 Å². The quantitative estimate of drug-likeness (QED) is 0.439.